The summed E-state index contributed by atoms with van der Waals surface area (Å²) in [6.07, 6.45) is 5.47. The third-order valence-corrected chi connectivity index (χ3v) is 4.18. The summed E-state index contributed by atoms with van der Waals surface area (Å²) in [5, 5.41) is 0. The summed E-state index contributed by atoms with van der Waals surface area (Å²) < 4.78 is 6.81. The molecule has 2 atom stereocenters. The van der Waals surface area contributed by atoms with Crippen LogP contribution in [0, 0.1) is 5.92 Å². The second-order valence-corrected chi connectivity index (χ2v) is 6.18. The lowest BCUT2D eigenvalue weighted by Gasteiger charge is -2.29. The number of nitrogens with two attached hydrogens (primary N) is 1. The molecule has 104 valence electrons. The molecule has 1 aromatic heterocycles. The first-order valence-corrected chi connectivity index (χ1v) is 7.57. The van der Waals surface area contributed by atoms with Crippen molar-refractivity contribution in [3.63, 3.8) is 0 Å². The first-order chi connectivity index (χ1) is 9.72. The third-order valence-electron chi connectivity index (χ3n) is 3.75. The van der Waals surface area contributed by atoms with E-state index in [-0.39, 0.29) is 6.04 Å². The first kappa shape index (κ1) is 13.6. The Morgan fingerprint density at radius 3 is 3.05 bits per heavy atom. The molecule has 0 bridgehead atoms. The van der Waals surface area contributed by atoms with Crippen LogP contribution in [0.15, 0.2) is 47.2 Å². The molecule has 3 nitrogen and oxygen atoms in total. The van der Waals surface area contributed by atoms with Crippen LogP contribution in [0.3, 0.4) is 0 Å². The molecule has 20 heavy (non-hydrogen) atoms. The molecule has 0 saturated heterocycles. The molecule has 0 amide bonds. The second-order valence-electron chi connectivity index (χ2n) is 5.26. The molecule has 2 unspecified atom stereocenters. The number of rotatable bonds is 3. The highest BCUT2D eigenvalue weighted by Gasteiger charge is 2.25. The number of halogens is 1. The van der Waals surface area contributed by atoms with Crippen molar-refractivity contribution in [1.82, 2.24) is 4.98 Å². The van der Waals surface area contributed by atoms with Gasteiger partial charge in [0, 0.05) is 28.8 Å². The number of para-hydroxylation sites is 1. The van der Waals surface area contributed by atoms with Crippen molar-refractivity contribution in [2.45, 2.75) is 18.9 Å². The van der Waals surface area contributed by atoms with Crippen LogP contribution in [0.2, 0.25) is 0 Å². The van der Waals surface area contributed by atoms with Crippen molar-refractivity contribution >= 4 is 15.9 Å². The highest BCUT2D eigenvalue weighted by molar-refractivity contribution is 9.10. The minimum Gasteiger partial charge on any atom is -0.493 e. The van der Waals surface area contributed by atoms with Crippen molar-refractivity contribution in [1.29, 1.82) is 0 Å². The monoisotopic (exact) mass is 332 g/mol. The summed E-state index contributed by atoms with van der Waals surface area (Å²) in [6.45, 7) is 0.694. The van der Waals surface area contributed by atoms with Gasteiger partial charge in [-0.15, -0.1) is 0 Å². The maximum atomic E-state index is 6.36. The Kier molecular flexibility index (Phi) is 4.03. The summed E-state index contributed by atoms with van der Waals surface area (Å²) in [4.78, 5) is 4.18. The molecular formula is C16H17BrN2O. The predicted molar refractivity (Wildman–Crippen MR) is 82.7 cm³/mol. The zero-order chi connectivity index (χ0) is 13.9. The Hall–Kier alpha value is -1.39. The number of nitrogens with zero attached hydrogens (tertiary/aromatic N) is 1. The van der Waals surface area contributed by atoms with Crippen LogP contribution in [0.1, 0.15) is 11.1 Å². The Morgan fingerprint density at radius 1 is 1.35 bits per heavy atom. The molecule has 0 saturated carbocycles. The average Bonchev–Trinajstić information content (AvgIpc) is 2.47. The van der Waals surface area contributed by atoms with E-state index in [1.807, 2.05) is 24.4 Å². The van der Waals surface area contributed by atoms with Crippen LogP contribution < -0.4 is 10.5 Å². The van der Waals surface area contributed by atoms with E-state index in [0.717, 1.165) is 28.6 Å². The quantitative estimate of drug-likeness (QED) is 0.939. The van der Waals surface area contributed by atoms with Crippen molar-refractivity contribution in [2.75, 3.05) is 6.61 Å². The summed E-state index contributed by atoms with van der Waals surface area (Å²) in [5.41, 5.74) is 8.78. The van der Waals surface area contributed by atoms with Gasteiger partial charge in [0.25, 0.3) is 0 Å². The van der Waals surface area contributed by atoms with Crippen LogP contribution in [0.5, 0.6) is 5.75 Å². The standard InChI is InChI=1S/C16H17BrN2O/c17-14-5-11(8-19-9-14)6-15(18)13-7-12-3-1-2-4-16(12)20-10-13/h1-5,8-9,13,15H,6-7,10,18H2. The first-order valence-electron chi connectivity index (χ1n) is 6.78. The number of benzene rings is 1. The largest absolute Gasteiger partial charge is 0.493 e. The van der Waals surface area contributed by atoms with Crippen LogP contribution >= 0.6 is 15.9 Å². The molecule has 0 radical (unpaired) electrons. The van der Waals surface area contributed by atoms with E-state index in [1.165, 1.54) is 5.56 Å². The van der Waals surface area contributed by atoms with Gasteiger partial charge < -0.3 is 10.5 Å². The van der Waals surface area contributed by atoms with Gasteiger partial charge in [0.15, 0.2) is 0 Å². The lowest BCUT2D eigenvalue weighted by atomic mass is 9.88. The molecular weight excluding hydrogens is 316 g/mol. The van der Waals surface area contributed by atoms with Gasteiger partial charge in [0.1, 0.15) is 5.75 Å². The molecule has 2 aromatic rings. The van der Waals surface area contributed by atoms with Crippen molar-refractivity contribution in [3.05, 3.63) is 58.3 Å². The van der Waals surface area contributed by atoms with E-state index < -0.39 is 0 Å². The van der Waals surface area contributed by atoms with Crippen molar-refractivity contribution in [2.24, 2.45) is 11.7 Å². The minimum absolute atomic E-state index is 0.0828. The smallest absolute Gasteiger partial charge is 0.122 e. The van der Waals surface area contributed by atoms with Gasteiger partial charge in [-0.2, -0.15) is 0 Å². The lowest BCUT2D eigenvalue weighted by Crippen LogP contribution is -2.39. The molecule has 4 heteroatoms. The fraction of sp³-hybridized carbons (Fsp3) is 0.312. The van der Waals surface area contributed by atoms with E-state index in [0.29, 0.717) is 12.5 Å². The maximum absolute atomic E-state index is 6.36. The van der Waals surface area contributed by atoms with Gasteiger partial charge >= 0.3 is 0 Å². The van der Waals surface area contributed by atoms with E-state index in [9.17, 15) is 0 Å². The lowest BCUT2D eigenvalue weighted by molar-refractivity contribution is 0.199. The summed E-state index contributed by atoms with van der Waals surface area (Å²) in [7, 11) is 0. The second kappa shape index (κ2) is 5.94. The van der Waals surface area contributed by atoms with Crippen LogP contribution in [-0.4, -0.2) is 17.6 Å². The normalized spacial score (nSPS) is 19.0. The van der Waals surface area contributed by atoms with Crippen LogP contribution in [0.25, 0.3) is 0 Å². The van der Waals surface area contributed by atoms with E-state index in [2.05, 4.69) is 33.0 Å². The average molecular weight is 333 g/mol. The molecule has 1 aliphatic rings. The molecule has 2 N–H and O–H groups in total. The number of ether oxygens (including phenoxy) is 1. The zero-order valence-electron chi connectivity index (χ0n) is 11.1. The number of aromatic nitrogens is 1. The summed E-state index contributed by atoms with van der Waals surface area (Å²) >= 11 is 3.44. The SMILES string of the molecule is NC(Cc1cncc(Br)c1)C1COc2ccccc2C1. The topological polar surface area (TPSA) is 48.1 Å². The van der Waals surface area contributed by atoms with Crippen LogP contribution in [0.4, 0.5) is 0 Å². The van der Waals surface area contributed by atoms with Gasteiger partial charge in [-0.05, 0) is 52.0 Å². The van der Waals surface area contributed by atoms with E-state index >= 15 is 0 Å². The third kappa shape index (κ3) is 3.02. The van der Waals surface area contributed by atoms with Gasteiger partial charge in [0.2, 0.25) is 0 Å². The maximum Gasteiger partial charge on any atom is 0.122 e. The number of hydrogen-bond acceptors (Lipinski definition) is 3. The summed E-state index contributed by atoms with van der Waals surface area (Å²) in [5.74, 6) is 1.35. The zero-order valence-corrected chi connectivity index (χ0v) is 12.7. The molecule has 1 aliphatic heterocycles. The molecule has 3 rings (SSSR count). The Balaban J connectivity index is 1.68. The fourth-order valence-corrected chi connectivity index (χ4v) is 3.05. The highest BCUT2D eigenvalue weighted by atomic mass is 79.9. The molecule has 0 spiro atoms. The molecule has 0 fully saturated rings. The van der Waals surface area contributed by atoms with Gasteiger partial charge in [-0.25, -0.2) is 0 Å². The molecule has 2 heterocycles. The van der Waals surface area contributed by atoms with Gasteiger partial charge in [-0.3, -0.25) is 4.98 Å². The summed E-state index contributed by atoms with van der Waals surface area (Å²) in [6, 6.07) is 10.4. The van der Waals surface area contributed by atoms with Crippen LogP contribution in [-0.2, 0) is 12.8 Å². The molecule has 0 aliphatic carbocycles. The van der Waals surface area contributed by atoms with Gasteiger partial charge in [-0.1, -0.05) is 18.2 Å². The predicted octanol–water partition coefficient (Wildman–Crippen LogP) is 2.97. The number of fused-ring (bicyclic) bond motifs is 1. The molecule has 1 aromatic carbocycles. The minimum atomic E-state index is 0.0828. The van der Waals surface area contributed by atoms with Crippen molar-refractivity contribution in [3.8, 4) is 5.75 Å². The Morgan fingerprint density at radius 2 is 2.20 bits per heavy atom. The van der Waals surface area contributed by atoms with E-state index in [4.69, 9.17) is 10.5 Å². The Labute approximate surface area is 127 Å². The van der Waals surface area contributed by atoms with Crippen molar-refractivity contribution < 1.29 is 4.74 Å². The Bertz CT molecular complexity index is 603. The number of pyridine rings is 1. The number of hydrogen-bond donors (Lipinski definition) is 1. The highest BCUT2D eigenvalue weighted by Crippen LogP contribution is 2.28. The van der Waals surface area contributed by atoms with E-state index in [1.54, 1.807) is 6.20 Å². The van der Waals surface area contributed by atoms with Gasteiger partial charge in [0.05, 0.1) is 6.61 Å². The fourth-order valence-electron chi connectivity index (χ4n) is 2.63.